The minimum atomic E-state index is -3.56. The summed E-state index contributed by atoms with van der Waals surface area (Å²) >= 11 is 6.29. The average Bonchev–Trinajstić information content (AvgIpc) is 3.43. The molecule has 1 aliphatic heterocycles. The van der Waals surface area contributed by atoms with Crippen LogP contribution in [0.3, 0.4) is 0 Å². The lowest BCUT2D eigenvalue weighted by atomic mass is 9.79. The second kappa shape index (κ2) is 6.99. The minimum absolute atomic E-state index is 0.160. The van der Waals surface area contributed by atoms with Crippen molar-refractivity contribution in [1.29, 1.82) is 0 Å². The molecular formula is C21H27ClN2O3S. The van der Waals surface area contributed by atoms with Crippen LogP contribution in [0.5, 0.6) is 0 Å². The van der Waals surface area contributed by atoms with Crippen LogP contribution in [0.2, 0.25) is 5.02 Å². The first-order valence-electron chi connectivity index (χ1n) is 10.6. The van der Waals surface area contributed by atoms with E-state index in [1.54, 1.807) is 0 Å². The Morgan fingerprint density at radius 3 is 2.57 bits per heavy atom. The van der Waals surface area contributed by atoms with Gasteiger partial charge >= 0.3 is 0 Å². The summed E-state index contributed by atoms with van der Waals surface area (Å²) in [6.07, 6.45) is 8.03. The summed E-state index contributed by atoms with van der Waals surface area (Å²) in [6.45, 7) is 1.08. The fourth-order valence-corrected chi connectivity index (χ4v) is 8.14. The molecule has 5 nitrogen and oxygen atoms in total. The van der Waals surface area contributed by atoms with Gasteiger partial charge < -0.3 is 5.32 Å². The highest BCUT2D eigenvalue weighted by Crippen LogP contribution is 2.58. The van der Waals surface area contributed by atoms with Crippen LogP contribution >= 0.6 is 11.6 Å². The molecule has 0 radical (unpaired) electrons. The number of amides is 1. The predicted molar refractivity (Wildman–Crippen MR) is 108 cm³/mol. The normalized spacial score (nSPS) is 34.7. The fourth-order valence-electron chi connectivity index (χ4n) is 6.40. The molecule has 2 bridgehead atoms. The molecule has 4 aliphatic rings. The third-order valence-corrected chi connectivity index (χ3v) is 9.85. The van der Waals surface area contributed by atoms with E-state index < -0.39 is 10.0 Å². The van der Waals surface area contributed by atoms with E-state index >= 15 is 0 Å². The number of benzene rings is 1. The van der Waals surface area contributed by atoms with Gasteiger partial charge in [-0.3, -0.25) is 4.79 Å². The number of hydrogen-bond acceptors (Lipinski definition) is 3. The van der Waals surface area contributed by atoms with Crippen molar-refractivity contribution in [2.45, 2.75) is 55.9 Å². The molecule has 1 aromatic carbocycles. The molecule has 3 saturated carbocycles. The molecule has 1 heterocycles. The molecule has 1 aromatic rings. The summed E-state index contributed by atoms with van der Waals surface area (Å²) in [6, 6.07) is 4.70. The Kier molecular flexibility index (Phi) is 4.72. The van der Waals surface area contributed by atoms with Crippen molar-refractivity contribution in [3.63, 3.8) is 0 Å². The Morgan fingerprint density at radius 2 is 1.79 bits per heavy atom. The number of sulfonamides is 1. The highest BCUT2D eigenvalue weighted by atomic mass is 35.5. The van der Waals surface area contributed by atoms with Crippen LogP contribution < -0.4 is 5.32 Å². The second-order valence-electron chi connectivity index (χ2n) is 8.99. The van der Waals surface area contributed by atoms with Gasteiger partial charge in [-0.25, -0.2) is 8.42 Å². The van der Waals surface area contributed by atoms with E-state index in [4.69, 9.17) is 11.6 Å². The zero-order valence-electron chi connectivity index (χ0n) is 15.9. The SMILES string of the molecule is O=C(NC1CC2CC1C1CCCC21)c1cc(S(=O)(=O)N2CCCC2)ccc1Cl. The average molecular weight is 423 g/mol. The quantitative estimate of drug-likeness (QED) is 0.804. The molecule has 0 aromatic heterocycles. The maximum atomic E-state index is 13.0. The Hall–Kier alpha value is -1.11. The van der Waals surface area contributed by atoms with Crippen LogP contribution in [-0.2, 0) is 10.0 Å². The van der Waals surface area contributed by atoms with Crippen LogP contribution in [0, 0.1) is 23.7 Å². The molecule has 1 N–H and O–H groups in total. The van der Waals surface area contributed by atoms with Gasteiger partial charge in [-0.2, -0.15) is 4.31 Å². The molecule has 152 valence electrons. The van der Waals surface area contributed by atoms with E-state index in [1.807, 2.05) is 0 Å². The summed E-state index contributed by atoms with van der Waals surface area (Å²) in [5.74, 6) is 2.73. The van der Waals surface area contributed by atoms with Crippen LogP contribution in [0.1, 0.15) is 55.3 Å². The van der Waals surface area contributed by atoms with E-state index in [1.165, 1.54) is 48.2 Å². The summed E-state index contributed by atoms with van der Waals surface area (Å²) in [5.41, 5.74) is 0.271. The van der Waals surface area contributed by atoms with Gasteiger partial charge in [-0.1, -0.05) is 18.0 Å². The number of hydrogen-bond donors (Lipinski definition) is 1. The zero-order valence-corrected chi connectivity index (χ0v) is 17.5. The summed E-state index contributed by atoms with van der Waals surface area (Å²) in [5, 5.41) is 3.50. The number of fused-ring (bicyclic) bond motifs is 5. The minimum Gasteiger partial charge on any atom is -0.349 e. The Bertz CT molecular complexity index is 897. The van der Waals surface area contributed by atoms with Crippen LogP contribution in [0.15, 0.2) is 23.1 Å². The molecule has 1 amide bonds. The third kappa shape index (κ3) is 2.99. The third-order valence-electron chi connectivity index (χ3n) is 7.63. The van der Waals surface area contributed by atoms with Gasteiger partial charge in [0.1, 0.15) is 0 Å². The molecule has 28 heavy (non-hydrogen) atoms. The van der Waals surface area contributed by atoms with E-state index in [2.05, 4.69) is 5.32 Å². The lowest BCUT2D eigenvalue weighted by Gasteiger charge is -2.32. The monoisotopic (exact) mass is 422 g/mol. The first-order valence-corrected chi connectivity index (χ1v) is 12.4. The highest BCUT2D eigenvalue weighted by Gasteiger charge is 2.54. The molecule has 1 saturated heterocycles. The fraction of sp³-hybridized carbons (Fsp3) is 0.667. The van der Waals surface area contributed by atoms with Crippen LogP contribution in [-0.4, -0.2) is 37.8 Å². The van der Waals surface area contributed by atoms with Crippen molar-refractivity contribution in [3.05, 3.63) is 28.8 Å². The number of carbonyl (C=O) groups is 1. The first kappa shape index (κ1) is 18.9. The van der Waals surface area contributed by atoms with Gasteiger partial charge in [0.25, 0.3) is 5.91 Å². The van der Waals surface area contributed by atoms with E-state index in [0.717, 1.165) is 37.0 Å². The largest absolute Gasteiger partial charge is 0.349 e. The smallest absolute Gasteiger partial charge is 0.253 e. The summed E-state index contributed by atoms with van der Waals surface area (Å²) in [7, 11) is -3.56. The Morgan fingerprint density at radius 1 is 1.04 bits per heavy atom. The molecular weight excluding hydrogens is 396 g/mol. The van der Waals surface area contributed by atoms with Crippen molar-refractivity contribution in [2.75, 3.05) is 13.1 Å². The van der Waals surface area contributed by atoms with Gasteiger partial charge in [0, 0.05) is 19.1 Å². The molecule has 5 unspecified atom stereocenters. The van der Waals surface area contributed by atoms with E-state index in [0.29, 0.717) is 24.0 Å². The number of halogens is 1. The lowest BCUT2D eigenvalue weighted by molar-refractivity contribution is 0.0901. The molecule has 5 rings (SSSR count). The molecule has 4 fully saturated rings. The highest BCUT2D eigenvalue weighted by molar-refractivity contribution is 7.89. The van der Waals surface area contributed by atoms with Gasteiger partial charge in [0.2, 0.25) is 10.0 Å². The Balaban J connectivity index is 1.35. The topological polar surface area (TPSA) is 66.5 Å². The van der Waals surface area contributed by atoms with Crippen molar-refractivity contribution >= 4 is 27.5 Å². The number of nitrogens with zero attached hydrogens (tertiary/aromatic N) is 1. The molecule has 0 spiro atoms. The number of nitrogens with one attached hydrogen (secondary N) is 1. The molecule has 3 aliphatic carbocycles. The van der Waals surface area contributed by atoms with E-state index in [9.17, 15) is 13.2 Å². The maximum Gasteiger partial charge on any atom is 0.253 e. The Labute approximate surface area is 171 Å². The van der Waals surface area contributed by atoms with E-state index in [-0.39, 0.29) is 22.4 Å². The molecule has 5 atom stereocenters. The predicted octanol–water partition coefficient (Wildman–Crippen LogP) is 3.68. The zero-order chi connectivity index (χ0) is 19.5. The van der Waals surface area contributed by atoms with Crippen molar-refractivity contribution in [2.24, 2.45) is 23.7 Å². The van der Waals surface area contributed by atoms with Gasteiger partial charge in [0.05, 0.1) is 15.5 Å². The number of carbonyl (C=O) groups excluding carboxylic acids is 1. The van der Waals surface area contributed by atoms with Crippen molar-refractivity contribution in [3.8, 4) is 0 Å². The van der Waals surface area contributed by atoms with Crippen molar-refractivity contribution < 1.29 is 13.2 Å². The summed E-state index contributed by atoms with van der Waals surface area (Å²) in [4.78, 5) is 13.1. The second-order valence-corrected chi connectivity index (χ2v) is 11.3. The van der Waals surface area contributed by atoms with Crippen LogP contribution in [0.4, 0.5) is 0 Å². The molecule has 7 heteroatoms. The van der Waals surface area contributed by atoms with Gasteiger partial charge in [-0.05, 0) is 80.4 Å². The summed E-state index contributed by atoms with van der Waals surface area (Å²) < 4.78 is 27.2. The van der Waals surface area contributed by atoms with Crippen molar-refractivity contribution in [1.82, 2.24) is 9.62 Å². The maximum absolute atomic E-state index is 13.0. The lowest BCUT2D eigenvalue weighted by Crippen LogP contribution is -2.42. The number of rotatable bonds is 4. The van der Waals surface area contributed by atoms with Gasteiger partial charge in [-0.15, -0.1) is 0 Å². The first-order chi connectivity index (χ1) is 13.4. The standard InChI is InChI=1S/C21H27ClN2O3S/c22-19-7-6-14(28(26,27)24-8-1-2-9-24)12-18(19)21(25)23-20-11-13-10-17(20)16-5-3-4-15(13)16/h6-7,12-13,15-17,20H,1-5,8-11H2,(H,23,25). The van der Waals surface area contributed by atoms with Gasteiger partial charge in [0.15, 0.2) is 0 Å². The van der Waals surface area contributed by atoms with Crippen LogP contribution in [0.25, 0.3) is 0 Å².